The number of hydrogen-bond acceptors (Lipinski definition) is 4. The smallest absolute Gasteiger partial charge is 0.242 e. The Morgan fingerprint density at radius 3 is 3.06 bits per heavy atom. The highest BCUT2D eigenvalue weighted by atomic mass is 127. The van der Waals surface area contributed by atoms with Crippen LogP contribution in [-0.2, 0) is 17.9 Å². The molecule has 2 heterocycles. The number of aryl methyl sites for hydroxylation is 1. The zero-order chi connectivity index (χ0) is 12.3. The van der Waals surface area contributed by atoms with E-state index < -0.39 is 0 Å². The van der Waals surface area contributed by atoms with Gasteiger partial charge < -0.3 is 5.32 Å². The third-order valence-corrected chi connectivity index (χ3v) is 3.53. The third kappa shape index (κ3) is 3.77. The van der Waals surface area contributed by atoms with E-state index in [9.17, 15) is 4.79 Å². The highest BCUT2D eigenvalue weighted by Crippen LogP contribution is 2.07. The molecule has 2 aromatic heterocycles. The summed E-state index contributed by atoms with van der Waals surface area (Å²) >= 11 is 3.71. The molecule has 0 aliphatic rings. The predicted molar refractivity (Wildman–Crippen MR) is 73.6 cm³/mol. The maximum Gasteiger partial charge on any atom is 0.242 e. The number of carbonyl (C=O) groups excluding carboxylic acids is 1. The maximum atomic E-state index is 11.6. The number of nitrogens with zero attached hydrogens (tertiary/aromatic N) is 3. The molecular weight excluding hydrogens is 351 g/mol. The molecule has 1 amide bonds. The minimum absolute atomic E-state index is 0.0580. The summed E-state index contributed by atoms with van der Waals surface area (Å²) in [6.07, 6.45) is 3.55. The lowest BCUT2D eigenvalue weighted by atomic mass is 10.5. The molecule has 0 saturated heterocycles. The van der Waals surface area contributed by atoms with Gasteiger partial charge in [0, 0.05) is 17.3 Å². The number of hydrogen-bond donors (Lipinski definition) is 1. The quantitative estimate of drug-likeness (QED) is 0.840. The Morgan fingerprint density at radius 2 is 2.47 bits per heavy atom. The van der Waals surface area contributed by atoms with Crippen LogP contribution in [0.4, 0.5) is 0 Å². The minimum Gasteiger partial charge on any atom is -0.348 e. The van der Waals surface area contributed by atoms with E-state index in [1.54, 1.807) is 22.2 Å². The molecule has 0 atom stereocenters. The van der Waals surface area contributed by atoms with E-state index in [-0.39, 0.29) is 12.5 Å². The van der Waals surface area contributed by atoms with Crippen molar-refractivity contribution in [3.63, 3.8) is 0 Å². The van der Waals surface area contributed by atoms with Crippen molar-refractivity contribution in [1.29, 1.82) is 0 Å². The second kappa shape index (κ2) is 5.58. The third-order valence-electron chi connectivity index (χ3n) is 2.01. The highest BCUT2D eigenvalue weighted by Gasteiger charge is 2.05. The number of amides is 1. The Labute approximate surface area is 116 Å². The molecule has 2 aromatic rings. The number of thiazole rings is 1. The van der Waals surface area contributed by atoms with Gasteiger partial charge in [0.2, 0.25) is 5.91 Å². The number of aromatic nitrogens is 3. The Bertz CT molecular complexity index is 522. The second-order valence-electron chi connectivity index (χ2n) is 3.52. The van der Waals surface area contributed by atoms with Crippen LogP contribution in [0.25, 0.3) is 0 Å². The summed E-state index contributed by atoms with van der Waals surface area (Å²) in [5.41, 5.74) is 0.987. The monoisotopic (exact) mass is 362 g/mol. The fraction of sp³-hybridized carbons (Fsp3) is 0.300. The van der Waals surface area contributed by atoms with Gasteiger partial charge in [0.25, 0.3) is 0 Å². The van der Waals surface area contributed by atoms with Crippen LogP contribution in [0.5, 0.6) is 0 Å². The Balaban J connectivity index is 1.82. The van der Waals surface area contributed by atoms with Gasteiger partial charge in [-0.1, -0.05) is 0 Å². The predicted octanol–water partition coefficient (Wildman–Crippen LogP) is 1.57. The molecule has 5 nitrogen and oxygen atoms in total. The van der Waals surface area contributed by atoms with E-state index in [0.29, 0.717) is 6.54 Å². The molecule has 0 radical (unpaired) electrons. The van der Waals surface area contributed by atoms with Crippen LogP contribution in [0.15, 0.2) is 17.8 Å². The summed E-state index contributed by atoms with van der Waals surface area (Å²) in [6, 6.07) is 0. The van der Waals surface area contributed by atoms with E-state index in [4.69, 9.17) is 0 Å². The summed E-state index contributed by atoms with van der Waals surface area (Å²) in [4.78, 5) is 15.9. The number of carbonyl (C=O) groups is 1. The van der Waals surface area contributed by atoms with Crippen molar-refractivity contribution in [2.75, 3.05) is 0 Å². The molecule has 0 spiro atoms. The molecule has 17 heavy (non-hydrogen) atoms. The van der Waals surface area contributed by atoms with Gasteiger partial charge in [-0.2, -0.15) is 5.10 Å². The van der Waals surface area contributed by atoms with E-state index >= 15 is 0 Å². The molecule has 0 saturated carbocycles. The SMILES string of the molecule is Cc1csc(CNC(=O)Cn2cc(I)cn2)n1. The Hall–Kier alpha value is -0.960. The number of nitrogens with one attached hydrogen (secondary N) is 1. The molecule has 0 aliphatic carbocycles. The standard InChI is InChI=1S/C10H11IN4OS/c1-7-6-17-10(14-7)3-12-9(16)5-15-4-8(11)2-13-15/h2,4,6H,3,5H2,1H3,(H,12,16). The van der Waals surface area contributed by atoms with Gasteiger partial charge >= 0.3 is 0 Å². The van der Waals surface area contributed by atoms with E-state index in [2.05, 4.69) is 38.0 Å². The molecule has 90 valence electrons. The summed E-state index contributed by atoms with van der Waals surface area (Å²) in [5.74, 6) is -0.0580. The lowest BCUT2D eigenvalue weighted by Crippen LogP contribution is -2.27. The molecule has 2 rings (SSSR count). The van der Waals surface area contributed by atoms with Crippen molar-refractivity contribution < 1.29 is 4.79 Å². The average molecular weight is 362 g/mol. The minimum atomic E-state index is -0.0580. The van der Waals surface area contributed by atoms with Crippen LogP contribution in [0.2, 0.25) is 0 Å². The van der Waals surface area contributed by atoms with Crippen LogP contribution in [0, 0.1) is 10.5 Å². The van der Waals surface area contributed by atoms with Crippen LogP contribution in [-0.4, -0.2) is 20.7 Å². The van der Waals surface area contributed by atoms with Gasteiger partial charge in [-0.3, -0.25) is 9.48 Å². The van der Waals surface area contributed by atoms with Crippen LogP contribution >= 0.6 is 33.9 Å². The molecule has 7 heteroatoms. The van der Waals surface area contributed by atoms with Crippen LogP contribution < -0.4 is 5.32 Å². The fourth-order valence-electron chi connectivity index (χ4n) is 1.29. The first kappa shape index (κ1) is 12.5. The molecule has 0 aliphatic heterocycles. The van der Waals surface area contributed by atoms with E-state index in [1.807, 2.05) is 18.5 Å². The summed E-state index contributed by atoms with van der Waals surface area (Å²) in [6.45, 7) is 2.66. The second-order valence-corrected chi connectivity index (χ2v) is 5.70. The topological polar surface area (TPSA) is 59.8 Å². The zero-order valence-electron chi connectivity index (χ0n) is 9.18. The first-order valence-electron chi connectivity index (χ1n) is 4.99. The summed E-state index contributed by atoms with van der Waals surface area (Å²) in [5, 5.41) is 9.76. The average Bonchev–Trinajstić information content (AvgIpc) is 2.85. The van der Waals surface area contributed by atoms with Crippen molar-refractivity contribution in [1.82, 2.24) is 20.1 Å². The fourth-order valence-corrected chi connectivity index (χ4v) is 2.44. The highest BCUT2D eigenvalue weighted by molar-refractivity contribution is 14.1. The summed E-state index contributed by atoms with van der Waals surface area (Å²) < 4.78 is 2.63. The van der Waals surface area contributed by atoms with Crippen LogP contribution in [0.1, 0.15) is 10.7 Å². The Morgan fingerprint density at radius 1 is 1.65 bits per heavy atom. The first-order chi connectivity index (χ1) is 8.13. The van der Waals surface area contributed by atoms with E-state index in [1.165, 1.54) is 0 Å². The van der Waals surface area contributed by atoms with Gasteiger partial charge in [0.05, 0.1) is 16.3 Å². The number of halogens is 1. The van der Waals surface area contributed by atoms with Gasteiger partial charge in [0.1, 0.15) is 11.6 Å². The molecule has 0 bridgehead atoms. The van der Waals surface area contributed by atoms with Crippen molar-refractivity contribution in [3.05, 3.63) is 32.0 Å². The van der Waals surface area contributed by atoms with Gasteiger partial charge in [-0.25, -0.2) is 4.98 Å². The van der Waals surface area contributed by atoms with Gasteiger partial charge in [-0.05, 0) is 29.5 Å². The van der Waals surface area contributed by atoms with Crippen molar-refractivity contribution in [2.45, 2.75) is 20.0 Å². The van der Waals surface area contributed by atoms with Crippen LogP contribution in [0.3, 0.4) is 0 Å². The van der Waals surface area contributed by atoms with Gasteiger partial charge in [-0.15, -0.1) is 11.3 Å². The molecular formula is C10H11IN4OS. The number of rotatable bonds is 4. The maximum absolute atomic E-state index is 11.6. The summed E-state index contributed by atoms with van der Waals surface area (Å²) in [7, 11) is 0. The lowest BCUT2D eigenvalue weighted by Gasteiger charge is -2.02. The van der Waals surface area contributed by atoms with Gasteiger partial charge in [0.15, 0.2) is 0 Å². The van der Waals surface area contributed by atoms with Crippen molar-refractivity contribution in [2.24, 2.45) is 0 Å². The van der Waals surface area contributed by atoms with E-state index in [0.717, 1.165) is 14.3 Å². The molecule has 1 N–H and O–H groups in total. The lowest BCUT2D eigenvalue weighted by molar-refractivity contribution is -0.122. The molecule has 0 fully saturated rings. The zero-order valence-corrected chi connectivity index (χ0v) is 12.2. The molecule has 0 aromatic carbocycles. The normalized spacial score (nSPS) is 10.5. The molecule has 0 unspecified atom stereocenters. The van der Waals surface area contributed by atoms with Crippen molar-refractivity contribution in [3.8, 4) is 0 Å². The largest absolute Gasteiger partial charge is 0.348 e. The first-order valence-corrected chi connectivity index (χ1v) is 6.95. The Kier molecular flexibility index (Phi) is 4.11. The van der Waals surface area contributed by atoms with Crippen molar-refractivity contribution >= 4 is 39.8 Å².